The van der Waals surface area contributed by atoms with Crippen LogP contribution in [-0.4, -0.2) is 35.2 Å². The van der Waals surface area contributed by atoms with Crippen LogP contribution in [0.4, 0.5) is 10.5 Å². The van der Waals surface area contributed by atoms with Crippen molar-refractivity contribution in [3.63, 3.8) is 0 Å². The molecule has 1 heterocycles. The Morgan fingerprint density at radius 3 is 2.72 bits per heavy atom. The first kappa shape index (κ1) is 20.2. The SMILES string of the molecule is O=C(CN1C(=O)NC2(CCc3ccccc32)C1=O)NCc1cccc(NC(=O)C2CC2)c1. The molecule has 2 aromatic carbocycles. The molecular weight excluding hydrogens is 408 g/mol. The molecule has 5 amide bonds. The van der Waals surface area contributed by atoms with Gasteiger partial charge in [0.15, 0.2) is 0 Å². The second-order valence-corrected chi connectivity index (χ2v) is 8.62. The fourth-order valence-corrected chi connectivity index (χ4v) is 4.48. The predicted octanol–water partition coefficient (Wildman–Crippen LogP) is 2.04. The van der Waals surface area contributed by atoms with Crippen molar-refractivity contribution in [2.24, 2.45) is 5.92 Å². The molecule has 2 aromatic rings. The van der Waals surface area contributed by atoms with Gasteiger partial charge in [0.25, 0.3) is 5.91 Å². The zero-order valence-corrected chi connectivity index (χ0v) is 17.5. The number of carbonyl (C=O) groups excluding carboxylic acids is 4. The van der Waals surface area contributed by atoms with Gasteiger partial charge in [-0.2, -0.15) is 0 Å². The van der Waals surface area contributed by atoms with E-state index in [0.717, 1.165) is 34.4 Å². The minimum Gasteiger partial charge on any atom is -0.350 e. The normalized spacial score (nSPS) is 21.4. The van der Waals surface area contributed by atoms with Crippen LogP contribution in [0.1, 0.15) is 36.0 Å². The Labute approximate surface area is 185 Å². The molecule has 1 aliphatic heterocycles. The van der Waals surface area contributed by atoms with Gasteiger partial charge >= 0.3 is 6.03 Å². The van der Waals surface area contributed by atoms with E-state index in [1.165, 1.54) is 0 Å². The Morgan fingerprint density at radius 2 is 1.91 bits per heavy atom. The predicted molar refractivity (Wildman–Crippen MR) is 116 cm³/mol. The zero-order valence-electron chi connectivity index (χ0n) is 17.5. The van der Waals surface area contributed by atoms with Crippen LogP contribution in [0.2, 0.25) is 0 Å². The van der Waals surface area contributed by atoms with E-state index in [9.17, 15) is 19.2 Å². The number of hydrogen-bond acceptors (Lipinski definition) is 4. The number of fused-ring (bicyclic) bond motifs is 2. The third kappa shape index (κ3) is 3.62. The molecule has 32 heavy (non-hydrogen) atoms. The van der Waals surface area contributed by atoms with E-state index in [1.807, 2.05) is 36.4 Å². The molecule has 0 bridgehead atoms. The Morgan fingerprint density at radius 1 is 1.09 bits per heavy atom. The molecule has 1 atom stereocenters. The van der Waals surface area contributed by atoms with Crippen molar-refractivity contribution in [3.8, 4) is 0 Å². The number of hydrogen-bond donors (Lipinski definition) is 3. The first-order valence-electron chi connectivity index (χ1n) is 10.9. The third-order valence-corrected chi connectivity index (χ3v) is 6.36. The number of nitrogens with zero attached hydrogens (tertiary/aromatic N) is 1. The summed E-state index contributed by atoms with van der Waals surface area (Å²) in [5.74, 6) is -0.679. The molecule has 3 aliphatic rings. The molecule has 1 spiro atoms. The van der Waals surface area contributed by atoms with Crippen molar-refractivity contribution in [2.75, 3.05) is 11.9 Å². The largest absolute Gasteiger partial charge is 0.350 e. The Bertz CT molecular complexity index is 1130. The molecule has 164 valence electrons. The minimum absolute atomic E-state index is 0.0205. The molecule has 1 unspecified atom stereocenters. The molecule has 3 N–H and O–H groups in total. The van der Waals surface area contributed by atoms with E-state index >= 15 is 0 Å². The van der Waals surface area contributed by atoms with Crippen LogP contribution in [0.3, 0.4) is 0 Å². The average Bonchev–Trinajstić information content (AvgIpc) is 3.54. The number of rotatable bonds is 6. The van der Waals surface area contributed by atoms with Gasteiger partial charge in [-0.05, 0) is 54.5 Å². The van der Waals surface area contributed by atoms with Crippen molar-refractivity contribution < 1.29 is 19.2 Å². The van der Waals surface area contributed by atoms with Crippen LogP contribution in [0, 0.1) is 5.92 Å². The highest BCUT2D eigenvalue weighted by Gasteiger charge is 2.55. The molecule has 0 radical (unpaired) electrons. The Hall–Kier alpha value is -3.68. The fourth-order valence-electron chi connectivity index (χ4n) is 4.48. The van der Waals surface area contributed by atoms with Crippen LogP contribution in [0.25, 0.3) is 0 Å². The number of urea groups is 1. The number of aryl methyl sites for hydroxylation is 1. The summed E-state index contributed by atoms with van der Waals surface area (Å²) in [6.07, 6.45) is 3.05. The highest BCUT2D eigenvalue weighted by molar-refractivity contribution is 6.09. The van der Waals surface area contributed by atoms with Gasteiger partial charge in [0, 0.05) is 18.2 Å². The highest BCUT2D eigenvalue weighted by Crippen LogP contribution is 2.41. The molecule has 5 rings (SSSR count). The summed E-state index contributed by atoms with van der Waals surface area (Å²) < 4.78 is 0. The van der Waals surface area contributed by atoms with E-state index < -0.39 is 17.5 Å². The molecular formula is C24H24N4O4. The first-order valence-corrected chi connectivity index (χ1v) is 10.9. The summed E-state index contributed by atoms with van der Waals surface area (Å²) in [6, 6.07) is 14.3. The first-order chi connectivity index (χ1) is 15.5. The molecule has 8 nitrogen and oxygen atoms in total. The average molecular weight is 432 g/mol. The van der Waals surface area contributed by atoms with Gasteiger partial charge in [-0.1, -0.05) is 36.4 Å². The van der Waals surface area contributed by atoms with Gasteiger partial charge in [0.2, 0.25) is 11.8 Å². The maximum Gasteiger partial charge on any atom is 0.325 e. The number of carbonyl (C=O) groups is 4. The van der Waals surface area contributed by atoms with Crippen molar-refractivity contribution >= 4 is 29.4 Å². The van der Waals surface area contributed by atoms with E-state index in [4.69, 9.17) is 0 Å². The zero-order chi connectivity index (χ0) is 22.3. The number of imide groups is 1. The minimum atomic E-state index is -1.07. The van der Waals surface area contributed by atoms with Crippen LogP contribution < -0.4 is 16.0 Å². The van der Waals surface area contributed by atoms with Gasteiger partial charge in [0.05, 0.1) is 0 Å². The van der Waals surface area contributed by atoms with E-state index in [2.05, 4.69) is 16.0 Å². The van der Waals surface area contributed by atoms with E-state index in [1.54, 1.807) is 12.1 Å². The smallest absolute Gasteiger partial charge is 0.325 e. The molecule has 0 aromatic heterocycles. The second-order valence-electron chi connectivity index (χ2n) is 8.62. The monoisotopic (exact) mass is 432 g/mol. The lowest BCUT2D eigenvalue weighted by molar-refractivity contribution is -0.135. The van der Waals surface area contributed by atoms with Crippen LogP contribution in [-0.2, 0) is 32.9 Å². The fraction of sp³-hybridized carbons (Fsp3) is 0.333. The molecule has 8 heteroatoms. The van der Waals surface area contributed by atoms with Gasteiger partial charge in [-0.3, -0.25) is 19.3 Å². The number of anilines is 1. The van der Waals surface area contributed by atoms with Crippen molar-refractivity contribution in [3.05, 3.63) is 65.2 Å². The topological polar surface area (TPSA) is 108 Å². The van der Waals surface area contributed by atoms with E-state index in [0.29, 0.717) is 18.5 Å². The van der Waals surface area contributed by atoms with Gasteiger partial charge in [0.1, 0.15) is 12.1 Å². The summed E-state index contributed by atoms with van der Waals surface area (Å²) in [4.78, 5) is 51.1. The summed E-state index contributed by atoms with van der Waals surface area (Å²) in [6.45, 7) is -0.115. The van der Waals surface area contributed by atoms with Crippen LogP contribution in [0.5, 0.6) is 0 Å². The number of amides is 5. The Balaban J connectivity index is 1.20. The summed E-state index contributed by atoms with van der Waals surface area (Å²) in [5, 5.41) is 8.46. The van der Waals surface area contributed by atoms with Crippen molar-refractivity contribution in [1.29, 1.82) is 0 Å². The number of nitrogens with one attached hydrogen (secondary N) is 3. The lowest BCUT2D eigenvalue weighted by atomic mass is 9.92. The maximum atomic E-state index is 13.1. The van der Waals surface area contributed by atoms with Crippen LogP contribution in [0.15, 0.2) is 48.5 Å². The van der Waals surface area contributed by atoms with Gasteiger partial charge in [-0.15, -0.1) is 0 Å². The second kappa shape index (κ2) is 7.78. The van der Waals surface area contributed by atoms with Gasteiger partial charge in [-0.25, -0.2) is 4.79 Å². The maximum absolute atomic E-state index is 13.1. The third-order valence-electron chi connectivity index (χ3n) is 6.36. The molecule has 1 saturated carbocycles. The molecule has 2 fully saturated rings. The molecule has 1 saturated heterocycles. The van der Waals surface area contributed by atoms with Gasteiger partial charge < -0.3 is 16.0 Å². The lowest BCUT2D eigenvalue weighted by Crippen LogP contribution is -2.43. The van der Waals surface area contributed by atoms with Crippen LogP contribution >= 0.6 is 0 Å². The summed E-state index contributed by atoms with van der Waals surface area (Å²) in [5.41, 5.74) is 2.28. The summed E-state index contributed by atoms with van der Waals surface area (Å²) >= 11 is 0. The summed E-state index contributed by atoms with van der Waals surface area (Å²) in [7, 11) is 0. The van der Waals surface area contributed by atoms with E-state index in [-0.39, 0.29) is 30.8 Å². The highest BCUT2D eigenvalue weighted by atomic mass is 16.2. The van der Waals surface area contributed by atoms with Crippen molar-refractivity contribution in [2.45, 2.75) is 37.8 Å². The quantitative estimate of drug-likeness (QED) is 0.607. The van der Waals surface area contributed by atoms with Crippen molar-refractivity contribution in [1.82, 2.24) is 15.5 Å². The Kier molecular flexibility index (Phi) is 4.92. The standard InChI is InChI=1S/C24H24N4O4/c29-20(25-13-15-4-3-6-18(12-15)26-21(30)17-8-9-17)14-28-22(31)24(27-23(28)32)11-10-16-5-1-2-7-19(16)24/h1-7,12,17H,8-11,13-14H2,(H,25,29)(H,26,30)(H,27,32). The number of benzene rings is 2. The lowest BCUT2D eigenvalue weighted by Gasteiger charge is -2.22. The molecule has 2 aliphatic carbocycles.